The van der Waals surface area contributed by atoms with Gasteiger partial charge in [-0.15, -0.1) is 0 Å². The fraction of sp³-hybridized carbons (Fsp3) is 0.579. The highest BCUT2D eigenvalue weighted by Gasteiger charge is 2.68. The van der Waals surface area contributed by atoms with Gasteiger partial charge in [0.1, 0.15) is 5.60 Å². The molecule has 1 aromatic carbocycles. The molecule has 2 aliphatic heterocycles. The molecule has 28 heavy (non-hydrogen) atoms. The zero-order valence-corrected chi connectivity index (χ0v) is 16.6. The maximum Gasteiger partial charge on any atom is 0.418 e. The van der Waals surface area contributed by atoms with Gasteiger partial charge in [0.25, 0.3) is 0 Å². The minimum absolute atomic E-state index is 0.190. The van der Waals surface area contributed by atoms with E-state index in [1.165, 1.54) is 6.07 Å². The molecule has 2 unspecified atom stereocenters. The Morgan fingerprint density at radius 1 is 1.39 bits per heavy atom. The van der Waals surface area contributed by atoms with E-state index in [9.17, 15) is 27.9 Å². The Labute approximate surface area is 165 Å². The molecule has 2 bridgehead atoms. The van der Waals surface area contributed by atoms with Crippen LogP contribution >= 0.6 is 11.6 Å². The molecule has 9 heteroatoms. The lowest BCUT2D eigenvalue weighted by Gasteiger charge is -2.38. The summed E-state index contributed by atoms with van der Waals surface area (Å²) < 4.78 is 46.1. The highest BCUT2D eigenvalue weighted by molar-refractivity contribution is 6.31. The van der Waals surface area contributed by atoms with Crippen molar-refractivity contribution in [3.05, 3.63) is 28.3 Å². The predicted molar refractivity (Wildman–Crippen MR) is 95.9 cm³/mol. The number of anilines is 1. The number of halogens is 4. The minimum Gasteiger partial charge on any atom is -0.390 e. The summed E-state index contributed by atoms with van der Waals surface area (Å²) >= 11 is 5.71. The average molecular weight is 420 g/mol. The van der Waals surface area contributed by atoms with Crippen molar-refractivity contribution >= 4 is 29.6 Å². The van der Waals surface area contributed by atoms with E-state index in [0.717, 1.165) is 13.0 Å². The molecule has 5 nitrogen and oxygen atoms in total. The number of hydrogen-bond donors (Lipinski definition) is 1. The second kappa shape index (κ2) is 6.43. The quantitative estimate of drug-likeness (QED) is 0.758. The number of amides is 2. The van der Waals surface area contributed by atoms with Crippen LogP contribution in [0.2, 0.25) is 5.02 Å². The second-order valence-corrected chi connectivity index (χ2v) is 8.37. The fourth-order valence-corrected chi connectivity index (χ4v) is 5.02. The van der Waals surface area contributed by atoms with Crippen LogP contribution in [-0.2, 0) is 20.5 Å². The largest absolute Gasteiger partial charge is 0.418 e. The lowest BCUT2D eigenvalue weighted by Crippen LogP contribution is -2.54. The predicted octanol–water partition coefficient (Wildman–Crippen LogP) is 3.72. The maximum atomic E-state index is 13.4. The number of ether oxygens (including phenoxy) is 1. The molecular formula is C19H21ClF3NO4. The Balaban J connectivity index is 2.06. The molecule has 2 heterocycles. The Bertz CT molecular complexity index is 845. The van der Waals surface area contributed by atoms with E-state index < -0.39 is 45.9 Å². The Kier molecular flexibility index (Phi) is 4.84. The first kappa shape index (κ1) is 21.1. The van der Waals surface area contributed by atoms with Gasteiger partial charge in [-0.05, 0) is 44.4 Å². The van der Waals surface area contributed by atoms with Crippen LogP contribution in [0.25, 0.3) is 0 Å². The molecule has 0 aliphatic carbocycles. The van der Waals surface area contributed by atoms with Gasteiger partial charge in [0.2, 0.25) is 12.3 Å². The van der Waals surface area contributed by atoms with Crippen molar-refractivity contribution in [2.75, 3.05) is 4.90 Å². The first-order valence-electron chi connectivity index (χ1n) is 8.81. The van der Waals surface area contributed by atoms with Crippen LogP contribution in [0.1, 0.15) is 38.3 Å². The summed E-state index contributed by atoms with van der Waals surface area (Å²) in [5, 5.41) is 9.88. The number of imide groups is 1. The molecule has 1 N–H and O–H groups in total. The Morgan fingerprint density at radius 3 is 2.50 bits per heavy atom. The number of nitrogens with zero attached hydrogens (tertiary/aromatic N) is 1. The number of fused-ring (bicyclic) bond motifs is 2. The van der Waals surface area contributed by atoms with E-state index in [2.05, 4.69) is 0 Å². The van der Waals surface area contributed by atoms with E-state index in [1.54, 1.807) is 20.8 Å². The SMILES string of the molecule is Cc1c(N(C=O)C(=O)[C@@H]2[C@H](C)C3(C)C[C@H](O)C2(C)O3)ccc(Cl)c1C(F)(F)F. The van der Waals surface area contributed by atoms with Crippen molar-refractivity contribution in [2.24, 2.45) is 11.8 Å². The van der Waals surface area contributed by atoms with Gasteiger partial charge in [-0.2, -0.15) is 13.2 Å². The minimum atomic E-state index is -4.74. The Hall–Kier alpha value is -1.64. The molecule has 0 saturated carbocycles. The van der Waals surface area contributed by atoms with Gasteiger partial charge in [0, 0.05) is 6.42 Å². The summed E-state index contributed by atoms with van der Waals surface area (Å²) in [6.45, 7) is 6.30. The van der Waals surface area contributed by atoms with Crippen LogP contribution in [0, 0.1) is 18.8 Å². The third-order valence-corrected chi connectivity index (χ3v) is 6.65. The number of aliphatic hydroxyl groups excluding tert-OH is 1. The van der Waals surface area contributed by atoms with E-state index >= 15 is 0 Å². The molecule has 0 spiro atoms. The van der Waals surface area contributed by atoms with E-state index in [0.29, 0.717) is 11.3 Å². The fourth-order valence-electron chi connectivity index (χ4n) is 4.71. The number of rotatable bonds is 3. The number of alkyl halides is 3. The molecule has 2 aliphatic rings. The zero-order chi connectivity index (χ0) is 21.2. The summed E-state index contributed by atoms with van der Waals surface area (Å²) in [6, 6.07) is 2.22. The summed E-state index contributed by atoms with van der Waals surface area (Å²) in [6.07, 6.45) is -5.13. The first-order chi connectivity index (χ1) is 12.8. The number of aliphatic hydroxyl groups is 1. The van der Waals surface area contributed by atoms with Crippen molar-refractivity contribution in [2.45, 2.75) is 57.6 Å². The molecule has 154 valence electrons. The average Bonchev–Trinajstić information content (AvgIpc) is 2.90. The van der Waals surface area contributed by atoms with Crippen molar-refractivity contribution < 1.29 is 32.6 Å². The molecular weight excluding hydrogens is 399 g/mol. The number of benzene rings is 1. The monoisotopic (exact) mass is 419 g/mol. The Morgan fingerprint density at radius 2 is 2.00 bits per heavy atom. The van der Waals surface area contributed by atoms with Crippen LogP contribution in [-0.4, -0.2) is 34.7 Å². The van der Waals surface area contributed by atoms with Crippen LogP contribution in [0.15, 0.2) is 12.1 Å². The number of carbonyl (C=O) groups is 2. The molecule has 2 amide bonds. The van der Waals surface area contributed by atoms with Gasteiger partial charge in [0.05, 0.1) is 33.9 Å². The zero-order valence-electron chi connectivity index (χ0n) is 15.8. The number of carbonyl (C=O) groups excluding carboxylic acids is 2. The van der Waals surface area contributed by atoms with Gasteiger partial charge in [-0.25, -0.2) is 0 Å². The van der Waals surface area contributed by atoms with E-state index in [-0.39, 0.29) is 23.6 Å². The summed E-state index contributed by atoms with van der Waals surface area (Å²) in [4.78, 5) is 25.7. The van der Waals surface area contributed by atoms with Crippen LogP contribution in [0.3, 0.4) is 0 Å². The molecule has 2 saturated heterocycles. The van der Waals surface area contributed by atoms with Crippen molar-refractivity contribution in [3.8, 4) is 0 Å². The third-order valence-electron chi connectivity index (χ3n) is 6.33. The van der Waals surface area contributed by atoms with E-state index in [1.807, 2.05) is 0 Å². The molecule has 5 atom stereocenters. The highest BCUT2D eigenvalue weighted by Crippen LogP contribution is 2.57. The molecule has 1 aromatic rings. The highest BCUT2D eigenvalue weighted by atomic mass is 35.5. The van der Waals surface area contributed by atoms with Gasteiger partial charge in [-0.1, -0.05) is 18.5 Å². The van der Waals surface area contributed by atoms with Crippen molar-refractivity contribution in [1.29, 1.82) is 0 Å². The molecule has 2 fully saturated rings. The van der Waals surface area contributed by atoms with Gasteiger partial charge < -0.3 is 9.84 Å². The van der Waals surface area contributed by atoms with Gasteiger partial charge in [0.15, 0.2) is 0 Å². The summed E-state index contributed by atoms with van der Waals surface area (Å²) in [5.41, 5.74) is -3.60. The lowest BCUT2D eigenvalue weighted by atomic mass is 9.66. The van der Waals surface area contributed by atoms with Crippen LogP contribution in [0.5, 0.6) is 0 Å². The molecule has 0 radical (unpaired) electrons. The third kappa shape index (κ3) is 2.84. The number of hydrogen-bond acceptors (Lipinski definition) is 4. The van der Waals surface area contributed by atoms with E-state index in [4.69, 9.17) is 16.3 Å². The van der Waals surface area contributed by atoms with Gasteiger partial charge in [-0.3, -0.25) is 14.5 Å². The standard InChI is InChI=1S/C19H21ClF3NO4/c1-9-12(6-5-11(20)14(9)19(21,22)23)24(8-25)16(27)15-10(2)17(3)7-13(26)18(15,4)28-17/h5-6,8,10,13,15,26H,7H2,1-4H3/t10-,13-,15-,17?,18?/m0/s1. The normalized spacial score (nSPS) is 34.5. The second-order valence-electron chi connectivity index (χ2n) is 7.96. The smallest absolute Gasteiger partial charge is 0.390 e. The first-order valence-corrected chi connectivity index (χ1v) is 9.18. The maximum absolute atomic E-state index is 13.4. The summed E-state index contributed by atoms with van der Waals surface area (Å²) in [5.74, 6) is -1.95. The molecule has 0 aromatic heterocycles. The van der Waals surface area contributed by atoms with Crippen LogP contribution < -0.4 is 4.90 Å². The van der Waals surface area contributed by atoms with Crippen molar-refractivity contribution in [1.82, 2.24) is 0 Å². The van der Waals surface area contributed by atoms with Crippen LogP contribution in [0.4, 0.5) is 18.9 Å². The molecule has 3 rings (SSSR count). The lowest BCUT2D eigenvalue weighted by molar-refractivity contribution is -0.138. The van der Waals surface area contributed by atoms with Gasteiger partial charge >= 0.3 is 6.18 Å². The van der Waals surface area contributed by atoms with Crippen molar-refractivity contribution in [3.63, 3.8) is 0 Å². The summed E-state index contributed by atoms with van der Waals surface area (Å²) in [7, 11) is 0. The topological polar surface area (TPSA) is 66.8 Å².